The lowest BCUT2D eigenvalue weighted by atomic mass is 10.0. The Morgan fingerprint density at radius 1 is 0.959 bits per heavy atom. The second-order valence-electron chi connectivity index (χ2n) is 13.4. The molecule has 0 bridgehead atoms. The number of carbonyl (C=O) groups is 2. The highest BCUT2D eigenvalue weighted by molar-refractivity contribution is 6.36. The molecule has 1 fully saturated rings. The second-order valence-corrected chi connectivity index (χ2v) is 13.8. The number of nitrogens with zero attached hydrogens (tertiary/aromatic N) is 7. The number of aliphatic hydroxyl groups is 1. The summed E-state index contributed by atoms with van der Waals surface area (Å²) in [5, 5.41) is 16.1. The van der Waals surface area contributed by atoms with Gasteiger partial charge in [0.2, 0.25) is 0 Å². The number of β-amino-alcohol motifs (C(OH)–C–C–N with tert-alkyl or cyclic N) is 1. The van der Waals surface area contributed by atoms with E-state index < -0.39 is 6.10 Å². The zero-order valence-corrected chi connectivity index (χ0v) is 29.0. The zero-order valence-electron chi connectivity index (χ0n) is 28.3. The van der Waals surface area contributed by atoms with Crippen LogP contribution in [-0.4, -0.2) is 96.3 Å². The average molecular weight is 688 g/mol. The molecule has 3 aromatic heterocycles. The fourth-order valence-corrected chi connectivity index (χ4v) is 7.38. The molecule has 1 saturated heterocycles. The number of anilines is 2. The van der Waals surface area contributed by atoms with Crippen LogP contribution < -0.4 is 10.6 Å². The van der Waals surface area contributed by atoms with Gasteiger partial charge in [0.05, 0.1) is 47.1 Å². The van der Waals surface area contributed by atoms with E-state index in [-0.39, 0.29) is 16.8 Å². The molecular weight excluding hydrogens is 646 g/mol. The first-order valence-electron chi connectivity index (χ1n) is 16.7. The smallest absolute Gasteiger partial charge is 0.291 e. The summed E-state index contributed by atoms with van der Waals surface area (Å²) in [6, 6.07) is 7.21. The first-order chi connectivity index (χ1) is 23.6. The normalized spacial score (nSPS) is 17.3. The van der Waals surface area contributed by atoms with E-state index in [1.54, 1.807) is 19.2 Å². The molecule has 6 heterocycles. The van der Waals surface area contributed by atoms with Crippen LogP contribution in [0.1, 0.15) is 56.5 Å². The van der Waals surface area contributed by atoms with Crippen LogP contribution in [0.25, 0.3) is 11.3 Å². The molecule has 2 amide bonds. The molecule has 3 aliphatic rings. The molecule has 4 aromatic rings. The molecule has 0 saturated carbocycles. The quantitative estimate of drug-likeness (QED) is 0.241. The number of hydrogen-bond acceptors (Lipinski definition) is 9. The number of ether oxygens (including phenoxy) is 1. The van der Waals surface area contributed by atoms with Crippen LogP contribution in [0.2, 0.25) is 5.02 Å². The van der Waals surface area contributed by atoms with Crippen molar-refractivity contribution in [2.24, 2.45) is 20.0 Å². The molecule has 0 spiro atoms. The van der Waals surface area contributed by atoms with Crippen molar-refractivity contribution in [2.45, 2.75) is 45.9 Å². The van der Waals surface area contributed by atoms with Crippen molar-refractivity contribution < 1.29 is 19.4 Å². The lowest BCUT2D eigenvalue weighted by Gasteiger charge is -2.34. The first-order valence-corrected chi connectivity index (χ1v) is 17.1. The summed E-state index contributed by atoms with van der Waals surface area (Å²) in [7, 11) is 3.74. The molecule has 3 aliphatic heterocycles. The lowest BCUT2D eigenvalue weighted by Crippen LogP contribution is -2.41. The summed E-state index contributed by atoms with van der Waals surface area (Å²) in [5.74, 6) is 0.556. The summed E-state index contributed by atoms with van der Waals surface area (Å²) in [6.45, 7) is 9.85. The summed E-state index contributed by atoms with van der Waals surface area (Å²) in [4.78, 5) is 45.6. The Morgan fingerprint density at radius 3 is 2.18 bits per heavy atom. The van der Waals surface area contributed by atoms with Crippen LogP contribution in [0.4, 0.5) is 11.4 Å². The number of rotatable bonds is 9. The van der Waals surface area contributed by atoms with Crippen molar-refractivity contribution >= 4 is 34.8 Å². The third-order valence-corrected chi connectivity index (χ3v) is 10.2. The van der Waals surface area contributed by atoms with E-state index in [0.717, 1.165) is 79.6 Å². The minimum atomic E-state index is -0.432. The van der Waals surface area contributed by atoms with Crippen molar-refractivity contribution in [1.82, 2.24) is 33.9 Å². The molecule has 1 atom stereocenters. The van der Waals surface area contributed by atoms with E-state index in [0.29, 0.717) is 54.3 Å². The molecule has 3 N–H and O–H groups in total. The zero-order chi connectivity index (χ0) is 34.4. The van der Waals surface area contributed by atoms with Crippen molar-refractivity contribution in [3.05, 3.63) is 75.5 Å². The van der Waals surface area contributed by atoms with Crippen molar-refractivity contribution in [3.8, 4) is 11.3 Å². The highest BCUT2D eigenvalue weighted by atomic mass is 35.5. The van der Waals surface area contributed by atoms with Gasteiger partial charge in [-0.05, 0) is 31.5 Å². The molecule has 7 rings (SSSR count). The summed E-state index contributed by atoms with van der Waals surface area (Å²) in [6.07, 6.45) is 2.75. The predicted molar refractivity (Wildman–Crippen MR) is 186 cm³/mol. The monoisotopic (exact) mass is 687 g/mol. The van der Waals surface area contributed by atoms with Gasteiger partial charge in [-0.2, -0.15) is 0 Å². The molecule has 1 aromatic carbocycles. The Bertz CT molecular complexity index is 1910. The molecule has 0 aliphatic carbocycles. The summed E-state index contributed by atoms with van der Waals surface area (Å²) < 4.78 is 9.07. The molecular formula is C35H42ClN9O4. The van der Waals surface area contributed by atoms with E-state index >= 15 is 0 Å². The number of fused-ring (bicyclic) bond motifs is 2. The van der Waals surface area contributed by atoms with Gasteiger partial charge in [0.1, 0.15) is 0 Å². The Hall–Kier alpha value is -4.14. The lowest BCUT2D eigenvalue weighted by molar-refractivity contribution is -0.0482. The molecule has 258 valence electrons. The molecule has 0 unspecified atom stereocenters. The van der Waals surface area contributed by atoms with Crippen LogP contribution >= 0.6 is 11.6 Å². The van der Waals surface area contributed by atoms with Crippen LogP contribution in [0.5, 0.6) is 0 Å². The largest absolute Gasteiger partial charge is 0.392 e. The van der Waals surface area contributed by atoms with Gasteiger partial charge in [-0.3, -0.25) is 24.4 Å². The van der Waals surface area contributed by atoms with Gasteiger partial charge in [0, 0.05) is 101 Å². The fraction of sp³-hybridized carbons (Fsp3) is 0.457. The maximum absolute atomic E-state index is 13.5. The predicted octanol–water partition coefficient (Wildman–Crippen LogP) is 3.43. The van der Waals surface area contributed by atoms with Gasteiger partial charge in [0.25, 0.3) is 11.8 Å². The number of nitrogens with one attached hydrogen (secondary N) is 2. The van der Waals surface area contributed by atoms with Gasteiger partial charge in [-0.1, -0.05) is 23.7 Å². The highest BCUT2D eigenvalue weighted by Gasteiger charge is 2.30. The maximum atomic E-state index is 13.5. The number of aliphatic hydroxyl groups excluding tert-OH is 1. The number of halogens is 1. The topological polar surface area (TPSA) is 143 Å². The van der Waals surface area contributed by atoms with E-state index in [1.807, 2.05) is 48.4 Å². The number of amides is 2. The van der Waals surface area contributed by atoms with E-state index in [2.05, 4.69) is 30.4 Å². The average Bonchev–Trinajstić information content (AvgIpc) is 3.56. The second kappa shape index (κ2) is 13.6. The van der Waals surface area contributed by atoms with Crippen molar-refractivity contribution in [3.63, 3.8) is 0 Å². The standard InChI is InChI=1S/C35H42ClN9O4/c1-20(46)14-44-12-9-28-26(16-44)38-32(42(28)3)34(47)40-24-7-5-6-23(21(24)2)31-30(36)25(8-11-37-31)41-35(48)33-39-27-17-45(15-22-18-49-19-22)13-10-29(27)43(33)4/h5-8,11,20,22,46H,9-10,12-19H2,1-4H3,(H,40,47)(H,37,41,48)/t20-/m0/s1. The van der Waals surface area contributed by atoms with E-state index in [9.17, 15) is 14.7 Å². The van der Waals surface area contributed by atoms with Crippen LogP contribution in [0.15, 0.2) is 30.5 Å². The Balaban J connectivity index is 1.07. The highest BCUT2D eigenvalue weighted by Crippen LogP contribution is 2.36. The van der Waals surface area contributed by atoms with Crippen LogP contribution in [0.3, 0.4) is 0 Å². The van der Waals surface area contributed by atoms with E-state index in [1.165, 1.54) is 0 Å². The Morgan fingerprint density at radius 2 is 1.57 bits per heavy atom. The number of pyridine rings is 1. The number of imidazole rings is 2. The third kappa shape index (κ3) is 6.61. The molecule has 0 radical (unpaired) electrons. The number of benzene rings is 1. The minimum Gasteiger partial charge on any atom is -0.392 e. The first kappa shape index (κ1) is 33.4. The number of aromatic nitrogens is 5. The number of hydrogen-bond donors (Lipinski definition) is 3. The van der Waals surface area contributed by atoms with Gasteiger partial charge in [-0.15, -0.1) is 0 Å². The summed E-state index contributed by atoms with van der Waals surface area (Å²) >= 11 is 6.91. The SMILES string of the molecule is Cc1c(NC(=O)c2nc3c(n2C)CCN(C[C@H](C)O)C3)cccc1-c1nccc(NC(=O)c2nc3c(n2C)CCN(CC2COC2)C3)c1Cl. The molecule has 49 heavy (non-hydrogen) atoms. The van der Waals surface area contributed by atoms with E-state index in [4.69, 9.17) is 21.3 Å². The summed E-state index contributed by atoms with van der Waals surface area (Å²) in [5.41, 5.74) is 6.87. The third-order valence-electron chi connectivity index (χ3n) is 9.80. The van der Waals surface area contributed by atoms with Crippen LogP contribution in [-0.2, 0) is 44.8 Å². The van der Waals surface area contributed by atoms with Gasteiger partial charge in [0.15, 0.2) is 11.6 Å². The van der Waals surface area contributed by atoms with Crippen LogP contribution in [0, 0.1) is 12.8 Å². The Kier molecular flexibility index (Phi) is 9.29. The fourth-order valence-electron chi connectivity index (χ4n) is 7.12. The van der Waals surface area contributed by atoms with Gasteiger partial charge >= 0.3 is 0 Å². The number of carbonyl (C=O) groups excluding carboxylic acids is 2. The molecule has 13 nitrogen and oxygen atoms in total. The van der Waals surface area contributed by atoms with Gasteiger partial charge < -0.3 is 29.6 Å². The van der Waals surface area contributed by atoms with Gasteiger partial charge in [-0.25, -0.2) is 9.97 Å². The van der Waals surface area contributed by atoms with Crippen molar-refractivity contribution in [2.75, 3.05) is 50.0 Å². The Labute approximate surface area is 290 Å². The molecule has 14 heteroatoms. The minimum absolute atomic E-state index is 0.286. The van der Waals surface area contributed by atoms with Crippen molar-refractivity contribution in [1.29, 1.82) is 0 Å². The maximum Gasteiger partial charge on any atom is 0.291 e.